The first-order valence-corrected chi connectivity index (χ1v) is 9.23. The first kappa shape index (κ1) is 20.4. The highest BCUT2D eigenvalue weighted by molar-refractivity contribution is 7.14. The number of carbonyl (C=O) groups is 3. The number of esters is 1. The monoisotopic (exact) mass is 390 g/mol. The zero-order valence-electron chi connectivity index (χ0n) is 15.4. The Labute approximate surface area is 161 Å². The molecule has 0 aliphatic carbocycles. The van der Waals surface area contributed by atoms with E-state index in [1.54, 1.807) is 5.38 Å². The molecule has 1 atom stereocenters. The molecule has 0 saturated carbocycles. The summed E-state index contributed by atoms with van der Waals surface area (Å²) >= 11 is 1.16. The average Bonchev–Trinajstić information content (AvgIpc) is 3.06. The molecule has 3 N–H and O–H groups in total. The van der Waals surface area contributed by atoms with E-state index in [0.29, 0.717) is 10.8 Å². The van der Waals surface area contributed by atoms with Gasteiger partial charge >= 0.3 is 5.97 Å². The van der Waals surface area contributed by atoms with Crippen molar-refractivity contribution in [2.75, 3.05) is 11.9 Å². The Morgan fingerprint density at radius 3 is 2.67 bits per heavy atom. The molecule has 0 saturated heterocycles. The fourth-order valence-electron chi connectivity index (χ4n) is 2.23. The van der Waals surface area contributed by atoms with Gasteiger partial charge in [0.25, 0.3) is 11.8 Å². The van der Waals surface area contributed by atoms with Crippen LogP contribution in [0.3, 0.4) is 0 Å². The molecule has 0 bridgehead atoms. The Kier molecular flexibility index (Phi) is 6.95. The summed E-state index contributed by atoms with van der Waals surface area (Å²) in [7, 11) is 0. The van der Waals surface area contributed by atoms with Gasteiger partial charge in [0.05, 0.1) is 18.6 Å². The lowest BCUT2D eigenvalue weighted by molar-refractivity contribution is -0.153. The van der Waals surface area contributed by atoms with E-state index in [-0.39, 0.29) is 18.6 Å². The van der Waals surface area contributed by atoms with Crippen LogP contribution in [0, 0.1) is 13.8 Å². The Morgan fingerprint density at radius 2 is 1.96 bits per heavy atom. The van der Waals surface area contributed by atoms with E-state index < -0.39 is 23.9 Å². The predicted molar refractivity (Wildman–Crippen MR) is 103 cm³/mol. The van der Waals surface area contributed by atoms with Crippen molar-refractivity contribution in [3.05, 3.63) is 46.3 Å². The molecule has 2 amide bonds. The second-order valence-corrected chi connectivity index (χ2v) is 6.93. The Balaban J connectivity index is 1.80. The van der Waals surface area contributed by atoms with Crippen molar-refractivity contribution in [1.29, 1.82) is 0 Å². The predicted octanol–water partition coefficient (Wildman–Crippen LogP) is 2.80. The van der Waals surface area contributed by atoms with Gasteiger partial charge in [0.15, 0.2) is 6.10 Å². The Hall–Kier alpha value is -2.87. The lowest BCUT2D eigenvalue weighted by Gasteiger charge is -2.14. The van der Waals surface area contributed by atoms with Gasteiger partial charge in [-0.05, 0) is 49.4 Å². The van der Waals surface area contributed by atoms with E-state index in [9.17, 15) is 14.4 Å². The topological polar surface area (TPSA) is 108 Å². The van der Waals surface area contributed by atoms with Crippen LogP contribution in [0.25, 0.3) is 0 Å². The van der Waals surface area contributed by atoms with Crippen LogP contribution in [0.1, 0.15) is 34.8 Å². The van der Waals surface area contributed by atoms with E-state index in [1.807, 2.05) is 32.0 Å². The smallest absolute Gasteiger partial charge is 0.310 e. The first-order chi connectivity index (χ1) is 12.8. The number of carbonyl (C=O) groups excluding carboxylic acids is 3. The highest BCUT2D eigenvalue weighted by Crippen LogP contribution is 2.23. The minimum atomic E-state index is -1.01. The van der Waals surface area contributed by atoms with Gasteiger partial charge in [-0.25, -0.2) is 0 Å². The minimum Gasteiger partial charge on any atom is -0.493 e. The Morgan fingerprint density at radius 1 is 1.22 bits per heavy atom. The number of amides is 2. The fourth-order valence-corrected chi connectivity index (χ4v) is 3.03. The fraction of sp³-hybridized carbons (Fsp3) is 0.316. The maximum Gasteiger partial charge on any atom is 0.310 e. The first-order valence-electron chi connectivity index (χ1n) is 8.35. The maximum absolute atomic E-state index is 12.1. The third kappa shape index (κ3) is 5.82. The number of benzene rings is 1. The van der Waals surface area contributed by atoms with Gasteiger partial charge in [-0.15, -0.1) is 11.3 Å². The highest BCUT2D eigenvalue weighted by atomic mass is 32.1. The molecule has 8 heteroatoms. The number of hydrogen-bond donors (Lipinski definition) is 2. The lowest BCUT2D eigenvalue weighted by atomic mass is 10.1. The van der Waals surface area contributed by atoms with E-state index in [0.717, 1.165) is 22.5 Å². The molecular weight excluding hydrogens is 368 g/mol. The largest absolute Gasteiger partial charge is 0.493 e. The molecule has 1 aromatic carbocycles. The summed E-state index contributed by atoms with van der Waals surface area (Å²) in [5, 5.41) is 4.51. The summed E-state index contributed by atoms with van der Waals surface area (Å²) in [6.45, 7) is 5.48. The van der Waals surface area contributed by atoms with Crippen molar-refractivity contribution in [1.82, 2.24) is 0 Å². The van der Waals surface area contributed by atoms with Gasteiger partial charge in [-0.3, -0.25) is 14.4 Å². The molecule has 7 nitrogen and oxygen atoms in total. The number of ether oxygens (including phenoxy) is 2. The van der Waals surface area contributed by atoms with Gasteiger partial charge in [-0.1, -0.05) is 12.1 Å². The van der Waals surface area contributed by atoms with Gasteiger partial charge in [0.1, 0.15) is 10.8 Å². The molecule has 1 unspecified atom stereocenters. The number of anilines is 1. The van der Waals surface area contributed by atoms with Crippen molar-refractivity contribution in [2.45, 2.75) is 33.3 Å². The second kappa shape index (κ2) is 9.18. The van der Waals surface area contributed by atoms with Gasteiger partial charge in [0, 0.05) is 0 Å². The number of nitrogens with two attached hydrogens (primary N) is 1. The van der Waals surface area contributed by atoms with Gasteiger partial charge in [0.2, 0.25) is 0 Å². The maximum atomic E-state index is 12.1. The van der Waals surface area contributed by atoms with Crippen molar-refractivity contribution in [3.63, 3.8) is 0 Å². The summed E-state index contributed by atoms with van der Waals surface area (Å²) in [6.07, 6.45) is -1.00. The summed E-state index contributed by atoms with van der Waals surface area (Å²) in [5.74, 6) is -1.02. The van der Waals surface area contributed by atoms with Crippen molar-refractivity contribution in [2.24, 2.45) is 5.73 Å². The molecule has 0 fully saturated rings. The highest BCUT2D eigenvalue weighted by Gasteiger charge is 2.20. The normalized spacial score (nSPS) is 11.5. The number of primary amides is 1. The third-order valence-corrected chi connectivity index (χ3v) is 4.58. The van der Waals surface area contributed by atoms with Crippen molar-refractivity contribution >= 4 is 34.1 Å². The number of thiophene rings is 1. The van der Waals surface area contributed by atoms with E-state index >= 15 is 0 Å². The SMILES string of the molecule is Cc1ccc(C)c(OCCC(=O)OC(C)C(=O)Nc2sccc2C(N)=O)c1. The number of rotatable bonds is 8. The lowest BCUT2D eigenvalue weighted by Crippen LogP contribution is -2.30. The summed E-state index contributed by atoms with van der Waals surface area (Å²) in [6, 6.07) is 7.34. The van der Waals surface area contributed by atoms with Crippen molar-refractivity contribution in [3.8, 4) is 5.75 Å². The standard InChI is InChI=1S/C19H22N2O5S/c1-11-4-5-12(2)15(10-11)25-8-6-16(22)26-13(3)18(24)21-19-14(17(20)23)7-9-27-19/h4-5,7,9-10,13H,6,8H2,1-3H3,(H2,20,23)(H,21,24). The Bertz CT molecular complexity index is 846. The van der Waals surface area contributed by atoms with Crippen LogP contribution in [0.5, 0.6) is 5.75 Å². The summed E-state index contributed by atoms with van der Waals surface area (Å²) < 4.78 is 10.7. The van der Waals surface area contributed by atoms with Crippen LogP contribution in [-0.2, 0) is 14.3 Å². The van der Waals surface area contributed by atoms with E-state index in [2.05, 4.69) is 5.32 Å². The zero-order chi connectivity index (χ0) is 20.0. The quantitative estimate of drug-likeness (QED) is 0.674. The average molecular weight is 390 g/mol. The van der Waals surface area contributed by atoms with Gasteiger partial charge in [-0.2, -0.15) is 0 Å². The number of aryl methyl sites for hydroxylation is 2. The molecule has 144 valence electrons. The van der Waals surface area contributed by atoms with Crippen LogP contribution in [0.4, 0.5) is 5.00 Å². The van der Waals surface area contributed by atoms with E-state index in [1.165, 1.54) is 13.0 Å². The molecular formula is C19H22N2O5S. The molecule has 1 heterocycles. The number of hydrogen-bond acceptors (Lipinski definition) is 6. The van der Waals surface area contributed by atoms with Crippen LogP contribution in [-0.4, -0.2) is 30.5 Å². The van der Waals surface area contributed by atoms with E-state index in [4.69, 9.17) is 15.2 Å². The second-order valence-electron chi connectivity index (χ2n) is 6.02. The molecule has 2 rings (SSSR count). The van der Waals surface area contributed by atoms with Crippen molar-refractivity contribution < 1.29 is 23.9 Å². The van der Waals surface area contributed by atoms with Crippen LogP contribution in [0.2, 0.25) is 0 Å². The molecule has 1 aromatic heterocycles. The van der Waals surface area contributed by atoms with Crippen LogP contribution in [0.15, 0.2) is 29.6 Å². The third-order valence-electron chi connectivity index (χ3n) is 3.75. The molecule has 27 heavy (non-hydrogen) atoms. The summed E-state index contributed by atoms with van der Waals surface area (Å²) in [4.78, 5) is 35.3. The number of nitrogens with one attached hydrogen (secondary N) is 1. The zero-order valence-corrected chi connectivity index (χ0v) is 16.2. The molecule has 2 aromatic rings. The summed E-state index contributed by atoms with van der Waals surface area (Å²) in [5.41, 5.74) is 7.49. The van der Waals surface area contributed by atoms with Crippen LogP contribution >= 0.6 is 11.3 Å². The molecule has 0 aliphatic heterocycles. The molecule has 0 radical (unpaired) electrons. The molecule has 0 aliphatic rings. The van der Waals surface area contributed by atoms with Gasteiger partial charge < -0.3 is 20.5 Å². The molecule has 0 spiro atoms. The minimum absolute atomic E-state index is 0.0105. The van der Waals surface area contributed by atoms with Crippen LogP contribution < -0.4 is 15.8 Å².